The number of carbonyl (C=O) groups excluding carboxylic acids is 1. The number of carbonyl (C=O) groups is 1. The lowest BCUT2D eigenvalue weighted by Crippen LogP contribution is -2.29. The molecule has 0 atom stereocenters. The molecule has 2 aromatic rings. The number of amides is 1. The molecular formula is C14H12Cl3F3N2O2S. The van der Waals surface area contributed by atoms with Gasteiger partial charge in [-0.15, -0.1) is 0 Å². The number of ether oxygens (including phenoxy) is 1. The fourth-order valence-corrected chi connectivity index (χ4v) is 3.01. The van der Waals surface area contributed by atoms with Gasteiger partial charge < -0.3 is 15.0 Å². The standard InChI is InChI=1S/C14H12Cl3F3N2O2S/c15-13(16,17)7-24-12(23)21-6-5-9-8-3-1-2-4-10(8)22-11(9)25-14(18,19)20/h1-4,22H,5-7H2,(H,21,23). The summed E-state index contributed by atoms with van der Waals surface area (Å²) >= 11 is 16.1. The fraction of sp³-hybridized carbons (Fsp3) is 0.357. The number of benzene rings is 1. The Bertz CT molecular complexity index is 747. The Morgan fingerprint density at radius 3 is 2.56 bits per heavy atom. The summed E-state index contributed by atoms with van der Waals surface area (Å²) in [6.07, 6.45) is -0.651. The number of aromatic nitrogens is 1. The average molecular weight is 436 g/mol. The van der Waals surface area contributed by atoms with E-state index < -0.39 is 22.0 Å². The Morgan fingerprint density at radius 2 is 1.92 bits per heavy atom. The lowest BCUT2D eigenvalue weighted by molar-refractivity contribution is -0.0329. The Hall–Kier alpha value is -0.960. The van der Waals surface area contributed by atoms with Crippen molar-refractivity contribution in [1.82, 2.24) is 10.3 Å². The summed E-state index contributed by atoms with van der Waals surface area (Å²) in [6.45, 7) is -0.377. The van der Waals surface area contributed by atoms with Gasteiger partial charge >= 0.3 is 11.6 Å². The van der Waals surface area contributed by atoms with Crippen LogP contribution in [0.4, 0.5) is 18.0 Å². The Balaban J connectivity index is 2.04. The van der Waals surface area contributed by atoms with Gasteiger partial charge in [0.05, 0.1) is 5.03 Å². The largest absolute Gasteiger partial charge is 0.447 e. The van der Waals surface area contributed by atoms with Crippen molar-refractivity contribution in [3.05, 3.63) is 29.8 Å². The monoisotopic (exact) mass is 434 g/mol. The summed E-state index contributed by atoms with van der Waals surface area (Å²) in [4.78, 5) is 14.2. The van der Waals surface area contributed by atoms with E-state index in [1.807, 2.05) is 0 Å². The number of H-pyrrole nitrogens is 1. The number of aromatic amines is 1. The second-order valence-electron chi connectivity index (χ2n) is 4.89. The Kier molecular flexibility index (Phi) is 6.64. The molecule has 0 unspecified atom stereocenters. The first-order valence-corrected chi connectivity index (χ1v) is 8.83. The molecule has 0 aliphatic rings. The van der Waals surface area contributed by atoms with Gasteiger partial charge in [-0.3, -0.25) is 0 Å². The summed E-state index contributed by atoms with van der Waals surface area (Å²) < 4.78 is 41.1. The number of halogens is 6. The maximum Gasteiger partial charge on any atom is 0.447 e. The molecule has 1 aromatic heterocycles. The van der Waals surface area contributed by atoms with Crippen LogP contribution >= 0.6 is 46.6 Å². The van der Waals surface area contributed by atoms with Crippen molar-refractivity contribution in [1.29, 1.82) is 0 Å². The average Bonchev–Trinajstić information content (AvgIpc) is 2.80. The van der Waals surface area contributed by atoms with Crippen LogP contribution in [0.5, 0.6) is 0 Å². The quantitative estimate of drug-likeness (QED) is 0.487. The zero-order chi connectivity index (χ0) is 18.7. The second kappa shape index (κ2) is 8.16. The minimum Gasteiger partial charge on any atom is -0.445 e. The van der Waals surface area contributed by atoms with E-state index in [1.165, 1.54) is 0 Å². The molecule has 0 aliphatic heterocycles. The zero-order valence-electron chi connectivity index (χ0n) is 12.4. The molecule has 1 aromatic carbocycles. The van der Waals surface area contributed by atoms with E-state index in [4.69, 9.17) is 34.8 Å². The predicted molar refractivity (Wildman–Crippen MR) is 93.6 cm³/mol. The molecule has 4 nitrogen and oxygen atoms in total. The molecule has 0 saturated heterocycles. The normalized spacial score (nSPS) is 12.4. The molecule has 2 rings (SSSR count). The lowest BCUT2D eigenvalue weighted by Gasteiger charge is -2.12. The lowest BCUT2D eigenvalue weighted by atomic mass is 10.1. The molecule has 2 N–H and O–H groups in total. The first-order chi connectivity index (χ1) is 11.6. The van der Waals surface area contributed by atoms with Crippen molar-refractivity contribution in [2.75, 3.05) is 13.2 Å². The molecule has 11 heteroatoms. The molecule has 0 saturated carbocycles. The van der Waals surface area contributed by atoms with Gasteiger partial charge in [-0.1, -0.05) is 53.0 Å². The second-order valence-corrected chi connectivity index (χ2v) is 8.49. The van der Waals surface area contributed by atoms with Gasteiger partial charge in [0.2, 0.25) is 3.79 Å². The molecule has 0 fully saturated rings. The molecule has 1 amide bonds. The summed E-state index contributed by atoms with van der Waals surface area (Å²) in [6, 6.07) is 6.84. The van der Waals surface area contributed by atoms with E-state index in [9.17, 15) is 18.0 Å². The van der Waals surface area contributed by atoms with E-state index in [-0.39, 0.29) is 29.8 Å². The predicted octanol–water partition coefficient (Wildman–Crippen LogP) is 5.42. The smallest absolute Gasteiger partial charge is 0.445 e. The van der Waals surface area contributed by atoms with Crippen molar-refractivity contribution in [2.24, 2.45) is 0 Å². The van der Waals surface area contributed by atoms with Crippen LogP contribution in [0.25, 0.3) is 10.9 Å². The van der Waals surface area contributed by atoms with Gasteiger partial charge in [0.25, 0.3) is 0 Å². The van der Waals surface area contributed by atoms with Crippen LogP contribution in [0.2, 0.25) is 0 Å². The fourth-order valence-electron chi connectivity index (χ4n) is 2.11. The Morgan fingerprint density at radius 1 is 1.24 bits per heavy atom. The van der Waals surface area contributed by atoms with Crippen LogP contribution < -0.4 is 5.32 Å². The number of hydrogen-bond acceptors (Lipinski definition) is 3. The van der Waals surface area contributed by atoms with E-state index in [0.717, 1.165) is 0 Å². The number of fused-ring (bicyclic) bond motifs is 1. The highest BCUT2D eigenvalue weighted by atomic mass is 35.6. The van der Waals surface area contributed by atoms with Crippen LogP contribution in [-0.4, -0.2) is 33.5 Å². The van der Waals surface area contributed by atoms with Gasteiger partial charge in [-0.2, -0.15) is 13.2 Å². The third-order valence-electron chi connectivity index (χ3n) is 3.00. The first kappa shape index (κ1) is 20.4. The number of alkyl carbamates (subject to hydrolysis) is 1. The third kappa shape index (κ3) is 6.69. The number of hydrogen-bond donors (Lipinski definition) is 2. The molecule has 1 heterocycles. The topological polar surface area (TPSA) is 54.1 Å². The molecule has 25 heavy (non-hydrogen) atoms. The highest BCUT2D eigenvalue weighted by Gasteiger charge is 2.32. The molecule has 138 valence electrons. The maximum absolute atomic E-state index is 12.7. The van der Waals surface area contributed by atoms with Crippen LogP contribution in [0.1, 0.15) is 5.56 Å². The van der Waals surface area contributed by atoms with Gasteiger partial charge in [0.1, 0.15) is 6.61 Å². The van der Waals surface area contributed by atoms with Crippen LogP contribution in [0, 0.1) is 0 Å². The van der Waals surface area contributed by atoms with Crippen molar-refractivity contribution in [2.45, 2.75) is 20.7 Å². The van der Waals surface area contributed by atoms with Crippen molar-refractivity contribution >= 4 is 63.6 Å². The van der Waals surface area contributed by atoms with Crippen LogP contribution in [0.15, 0.2) is 29.3 Å². The third-order valence-corrected chi connectivity index (χ3v) is 4.11. The highest BCUT2D eigenvalue weighted by Crippen LogP contribution is 2.40. The molecule has 0 bridgehead atoms. The first-order valence-electron chi connectivity index (χ1n) is 6.88. The van der Waals surface area contributed by atoms with Gasteiger partial charge in [0.15, 0.2) is 0 Å². The van der Waals surface area contributed by atoms with Gasteiger partial charge in [-0.05, 0) is 18.1 Å². The number of thioether (sulfide) groups is 1. The molecular weight excluding hydrogens is 424 g/mol. The van der Waals surface area contributed by atoms with E-state index in [1.54, 1.807) is 24.3 Å². The minimum atomic E-state index is -4.42. The SMILES string of the molecule is O=C(NCCc1c(SC(F)(F)F)[nH]c2ccccc12)OCC(Cl)(Cl)Cl. The van der Waals surface area contributed by atoms with E-state index >= 15 is 0 Å². The van der Waals surface area contributed by atoms with E-state index in [2.05, 4.69) is 15.0 Å². The van der Waals surface area contributed by atoms with Crippen molar-refractivity contribution < 1.29 is 22.7 Å². The summed E-state index contributed by atoms with van der Waals surface area (Å²) in [5.74, 6) is 0. The van der Waals surface area contributed by atoms with Crippen LogP contribution in [-0.2, 0) is 11.2 Å². The molecule has 0 aliphatic carbocycles. The van der Waals surface area contributed by atoms with Gasteiger partial charge in [0, 0.05) is 29.2 Å². The van der Waals surface area contributed by atoms with Crippen LogP contribution in [0.3, 0.4) is 0 Å². The highest BCUT2D eigenvalue weighted by molar-refractivity contribution is 8.00. The van der Waals surface area contributed by atoms with Crippen molar-refractivity contribution in [3.63, 3.8) is 0 Å². The number of rotatable bonds is 5. The summed E-state index contributed by atoms with van der Waals surface area (Å²) in [5, 5.41) is 3.06. The minimum absolute atomic E-state index is 0.00911. The summed E-state index contributed by atoms with van der Waals surface area (Å²) in [7, 11) is 0. The maximum atomic E-state index is 12.7. The molecule has 0 spiro atoms. The van der Waals surface area contributed by atoms with E-state index in [0.29, 0.717) is 16.5 Å². The number of nitrogens with one attached hydrogen (secondary N) is 2. The molecule has 0 radical (unpaired) electrons. The number of alkyl halides is 6. The number of para-hydroxylation sites is 1. The summed E-state index contributed by atoms with van der Waals surface area (Å²) in [5.41, 5.74) is -3.38. The van der Waals surface area contributed by atoms with Crippen molar-refractivity contribution in [3.8, 4) is 0 Å². The zero-order valence-corrected chi connectivity index (χ0v) is 15.5. The Labute approximate surface area is 160 Å². The van der Waals surface area contributed by atoms with Gasteiger partial charge in [-0.25, -0.2) is 4.79 Å².